The lowest BCUT2D eigenvalue weighted by atomic mass is 9.80. The fourth-order valence-electron chi connectivity index (χ4n) is 5.22. The summed E-state index contributed by atoms with van der Waals surface area (Å²) in [6.45, 7) is 0.343. The normalized spacial score (nSPS) is 35.4. The van der Waals surface area contributed by atoms with Crippen molar-refractivity contribution < 1.29 is 19.5 Å². The summed E-state index contributed by atoms with van der Waals surface area (Å²) in [6.07, 6.45) is 4.17. The van der Waals surface area contributed by atoms with E-state index in [9.17, 15) is 19.5 Å². The second-order valence-corrected chi connectivity index (χ2v) is 8.35. The van der Waals surface area contributed by atoms with E-state index in [-0.39, 0.29) is 18.2 Å². The summed E-state index contributed by atoms with van der Waals surface area (Å²) in [4.78, 5) is 37.9. The number of benzene rings is 1. The number of fused-ring (bicyclic) bond motifs is 3. The maximum absolute atomic E-state index is 12.8. The molecule has 4 aliphatic heterocycles. The molecule has 0 radical (unpaired) electrons. The Kier molecular flexibility index (Phi) is 3.67. The van der Waals surface area contributed by atoms with Crippen molar-refractivity contribution in [3.63, 3.8) is 0 Å². The molecule has 3 amide bonds. The van der Waals surface area contributed by atoms with Gasteiger partial charge in [-0.3, -0.25) is 19.7 Å². The minimum atomic E-state index is -0.864. The first-order valence-electron chi connectivity index (χ1n) is 9.69. The highest BCUT2D eigenvalue weighted by molar-refractivity contribution is 6.05. The van der Waals surface area contributed by atoms with E-state index in [2.05, 4.69) is 10.6 Å². The van der Waals surface area contributed by atoms with Crippen molar-refractivity contribution in [2.45, 2.75) is 68.8 Å². The van der Waals surface area contributed by atoms with Crippen LogP contribution in [-0.2, 0) is 21.7 Å². The number of piperidine rings is 2. The predicted molar refractivity (Wildman–Crippen MR) is 95.6 cm³/mol. The quantitative estimate of drug-likeness (QED) is 0.662. The molecule has 3 N–H and O–H groups in total. The Morgan fingerprint density at radius 3 is 2.52 bits per heavy atom. The van der Waals surface area contributed by atoms with Gasteiger partial charge in [-0.1, -0.05) is 12.1 Å². The topological polar surface area (TPSA) is 98.7 Å². The average Bonchev–Trinajstić information content (AvgIpc) is 3.14. The van der Waals surface area contributed by atoms with Crippen LogP contribution in [0.1, 0.15) is 60.0 Å². The van der Waals surface area contributed by atoms with E-state index in [1.165, 1.54) is 0 Å². The Morgan fingerprint density at radius 2 is 1.81 bits per heavy atom. The van der Waals surface area contributed by atoms with Gasteiger partial charge in [0.15, 0.2) is 0 Å². The van der Waals surface area contributed by atoms with Gasteiger partial charge in [-0.2, -0.15) is 0 Å². The molecular weight excluding hydrogens is 346 g/mol. The van der Waals surface area contributed by atoms with E-state index in [1.807, 2.05) is 12.1 Å². The summed E-state index contributed by atoms with van der Waals surface area (Å²) in [5.41, 5.74) is 1.43. The molecule has 3 atom stereocenters. The van der Waals surface area contributed by atoms with Gasteiger partial charge >= 0.3 is 0 Å². The van der Waals surface area contributed by atoms with Crippen molar-refractivity contribution in [2.24, 2.45) is 0 Å². The van der Waals surface area contributed by atoms with Crippen LogP contribution in [0.15, 0.2) is 18.2 Å². The number of hydrogen-bond donors (Lipinski definition) is 3. The lowest BCUT2D eigenvalue weighted by Gasteiger charge is -2.37. The van der Waals surface area contributed by atoms with Crippen LogP contribution in [0.3, 0.4) is 0 Å². The van der Waals surface area contributed by atoms with Gasteiger partial charge < -0.3 is 15.3 Å². The van der Waals surface area contributed by atoms with Crippen LogP contribution in [0.25, 0.3) is 0 Å². The SMILES string of the molecule is O=C1CCC(N2Cc3cc(C4(O)CC5CCC(C4)N5)ccc3C2=O)C(=O)N1. The fourth-order valence-corrected chi connectivity index (χ4v) is 5.22. The highest BCUT2D eigenvalue weighted by atomic mass is 16.3. The van der Waals surface area contributed by atoms with E-state index < -0.39 is 17.6 Å². The van der Waals surface area contributed by atoms with Crippen LogP contribution in [-0.4, -0.2) is 45.9 Å². The Morgan fingerprint density at radius 1 is 1.07 bits per heavy atom. The van der Waals surface area contributed by atoms with Gasteiger partial charge in [-0.25, -0.2) is 0 Å². The summed E-state index contributed by atoms with van der Waals surface area (Å²) in [5, 5.41) is 17.1. The first-order valence-corrected chi connectivity index (χ1v) is 9.69. The summed E-state index contributed by atoms with van der Waals surface area (Å²) < 4.78 is 0. The molecule has 3 fully saturated rings. The first-order chi connectivity index (χ1) is 12.9. The second kappa shape index (κ2) is 5.87. The molecule has 0 saturated carbocycles. The highest BCUT2D eigenvalue weighted by Crippen LogP contribution is 2.42. The van der Waals surface area contributed by atoms with Gasteiger partial charge in [0.05, 0.1) is 5.60 Å². The van der Waals surface area contributed by atoms with Crippen LogP contribution >= 0.6 is 0 Å². The maximum atomic E-state index is 12.8. The van der Waals surface area contributed by atoms with Crippen LogP contribution in [0.4, 0.5) is 0 Å². The van der Waals surface area contributed by atoms with Crippen LogP contribution in [0.5, 0.6) is 0 Å². The molecule has 2 bridgehead atoms. The number of nitrogens with zero attached hydrogens (tertiary/aromatic N) is 1. The van der Waals surface area contributed by atoms with Crippen molar-refractivity contribution in [3.05, 3.63) is 34.9 Å². The molecule has 3 saturated heterocycles. The van der Waals surface area contributed by atoms with E-state index in [4.69, 9.17) is 0 Å². The molecule has 142 valence electrons. The number of hydrogen-bond acceptors (Lipinski definition) is 5. The third-order valence-corrected chi connectivity index (χ3v) is 6.56. The lowest BCUT2D eigenvalue weighted by Crippen LogP contribution is -2.52. The smallest absolute Gasteiger partial charge is 0.255 e. The minimum absolute atomic E-state index is 0.177. The zero-order valence-electron chi connectivity index (χ0n) is 15.0. The minimum Gasteiger partial charge on any atom is -0.385 e. The van der Waals surface area contributed by atoms with Crippen molar-refractivity contribution in [1.29, 1.82) is 0 Å². The zero-order valence-corrected chi connectivity index (χ0v) is 15.0. The number of amides is 3. The van der Waals surface area contributed by atoms with Gasteiger partial charge in [0.2, 0.25) is 11.8 Å². The van der Waals surface area contributed by atoms with Crippen LogP contribution in [0.2, 0.25) is 0 Å². The van der Waals surface area contributed by atoms with Crippen molar-refractivity contribution >= 4 is 17.7 Å². The van der Waals surface area contributed by atoms with Gasteiger partial charge in [-0.05, 0) is 49.3 Å². The summed E-state index contributed by atoms with van der Waals surface area (Å²) in [7, 11) is 0. The predicted octanol–water partition coefficient (Wildman–Crippen LogP) is 0.550. The number of rotatable bonds is 2. The molecule has 0 aliphatic carbocycles. The van der Waals surface area contributed by atoms with Crippen molar-refractivity contribution in [3.8, 4) is 0 Å². The Labute approximate surface area is 157 Å². The zero-order chi connectivity index (χ0) is 18.8. The summed E-state index contributed by atoms with van der Waals surface area (Å²) in [5.74, 6) is -0.866. The molecule has 1 aromatic rings. The molecule has 0 aromatic heterocycles. The van der Waals surface area contributed by atoms with Gasteiger partial charge in [0, 0.05) is 30.6 Å². The molecule has 27 heavy (non-hydrogen) atoms. The Bertz CT molecular complexity index is 840. The standard InChI is InChI=1S/C20H23N3O4/c24-17-6-5-16(18(25)22-17)23-10-11-7-12(1-4-15(11)19(23)26)20(27)8-13-2-3-14(9-20)21-13/h1,4,7,13-14,16,21,27H,2-3,5-6,8-10H2,(H,22,24,25). The van der Waals surface area contributed by atoms with E-state index in [0.717, 1.165) is 24.0 Å². The molecule has 0 spiro atoms. The molecular formula is C20H23N3O4. The Balaban J connectivity index is 1.41. The number of imide groups is 1. The third kappa shape index (κ3) is 2.68. The first kappa shape index (κ1) is 16.9. The monoisotopic (exact) mass is 369 g/mol. The van der Waals surface area contributed by atoms with Crippen LogP contribution in [0, 0.1) is 0 Å². The van der Waals surface area contributed by atoms with Gasteiger partial charge in [0.1, 0.15) is 6.04 Å². The molecule has 4 aliphatic rings. The number of aliphatic hydroxyl groups is 1. The fraction of sp³-hybridized carbons (Fsp3) is 0.550. The molecule has 7 nitrogen and oxygen atoms in total. The van der Waals surface area contributed by atoms with Gasteiger partial charge in [0.25, 0.3) is 5.91 Å². The van der Waals surface area contributed by atoms with Crippen molar-refractivity contribution in [2.75, 3.05) is 0 Å². The maximum Gasteiger partial charge on any atom is 0.255 e. The molecule has 5 rings (SSSR count). The molecule has 7 heteroatoms. The number of carbonyl (C=O) groups excluding carboxylic acids is 3. The van der Waals surface area contributed by atoms with Gasteiger partial charge in [-0.15, -0.1) is 0 Å². The second-order valence-electron chi connectivity index (χ2n) is 8.35. The average molecular weight is 369 g/mol. The highest BCUT2D eigenvalue weighted by Gasteiger charge is 2.45. The van der Waals surface area contributed by atoms with E-state index in [1.54, 1.807) is 11.0 Å². The van der Waals surface area contributed by atoms with E-state index in [0.29, 0.717) is 43.5 Å². The molecule has 4 heterocycles. The largest absolute Gasteiger partial charge is 0.385 e. The number of nitrogens with one attached hydrogen (secondary N) is 2. The molecule has 3 unspecified atom stereocenters. The van der Waals surface area contributed by atoms with Crippen molar-refractivity contribution in [1.82, 2.24) is 15.5 Å². The summed E-state index contributed by atoms with van der Waals surface area (Å²) in [6, 6.07) is 5.66. The summed E-state index contributed by atoms with van der Waals surface area (Å²) >= 11 is 0. The van der Waals surface area contributed by atoms with E-state index >= 15 is 0 Å². The Hall–Kier alpha value is -2.25. The number of carbonyl (C=O) groups is 3. The lowest BCUT2D eigenvalue weighted by molar-refractivity contribution is -0.136. The molecule has 1 aromatic carbocycles. The third-order valence-electron chi connectivity index (χ3n) is 6.56. The van der Waals surface area contributed by atoms with Crippen LogP contribution < -0.4 is 10.6 Å².